The van der Waals surface area contributed by atoms with E-state index >= 15 is 0 Å². The third-order valence-corrected chi connectivity index (χ3v) is 3.42. The molecule has 0 unspecified atom stereocenters. The molecule has 0 aromatic heterocycles. The number of ether oxygens (including phenoxy) is 1. The Balaban J connectivity index is 2.00. The highest BCUT2D eigenvalue weighted by Gasteiger charge is 2.16. The summed E-state index contributed by atoms with van der Waals surface area (Å²) >= 11 is 0. The van der Waals surface area contributed by atoms with Gasteiger partial charge in [-0.3, -0.25) is 10.1 Å². The van der Waals surface area contributed by atoms with Gasteiger partial charge in [0.2, 0.25) is 0 Å². The smallest absolute Gasteiger partial charge is 0.274 e. The Labute approximate surface area is 106 Å². The molecule has 5 nitrogen and oxygen atoms in total. The van der Waals surface area contributed by atoms with Crippen molar-refractivity contribution in [3.8, 4) is 0 Å². The highest BCUT2D eigenvalue weighted by atomic mass is 16.6. The van der Waals surface area contributed by atoms with E-state index < -0.39 is 0 Å². The third kappa shape index (κ3) is 2.98. The first-order chi connectivity index (χ1) is 8.68. The predicted octanol–water partition coefficient (Wildman–Crippen LogP) is 2.74. The van der Waals surface area contributed by atoms with Gasteiger partial charge in [0.1, 0.15) is 0 Å². The topological polar surface area (TPSA) is 64.4 Å². The van der Waals surface area contributed by atoms with Gasteiger partial charge in [0.15, 0.2) is 0 Å². The van der Waals surface area contributed by atoms with E-state index in [9.17, 15) is 10.1 Å². The molecule has 0 aliphatic carbocycles. The van der Waals surface area contributed by atoms with Crippen molar-refractivity contribution in [1.29, 1.82) is 0 Å². The zero-order valence-electron chi connectivity index (χ0n) is 10.5. The van der Waals surface area contributed by atoms with E-state index in [2.05, 4.69) is 5.32 Å². The summed E-state index contributed by atoms with van der Waals surface area (Å²) in [5, 5.41) is 14.2. The second-order valence-corrected chi connectivity index (χ2v) is 4.64. The molecule has 0 saturated carbocycles. The molecule has 5 heteroatoms. The van der Waals surface area contributed by atoms with Crippen molar-refractivity contribution in [1.82, 2.24) is 0 Å². The zero-order valence-corrected chi connectivity index (χ0v) is 10.5. The van der Waals surface area contributed by atoms with Gasteiger partial charge < -0.3 is 10.1 Å². The van der Waals surface area contributed by atoms with E-state index in [4.69, 9.17) is 4.74 Å². The maximum Gasteiger partial charge on any atom is 0.274 e. The fraction of sp³-hybridized carbons (Fsp3) is 0.538. The Morgan fingerprint density at radius 3 is 2.83 bits per heavy atom. The minimum absolute atomic E-state index is 0.173. The molecular weight excluding hydrogens is 232 g/mol. The molecule has 2 rings (SSSR count). The van der Waals surface area contributed by atoms with E-state index in [-0.39, 0.29) is 10.6 Å². The average molecular weight is 250 g/mol. The number of hydrogen-bond acceptors (Lipinski definition) is 4. The fourth-order valence-corrected chi connectivity index (χ4v) is 2.22. The molecule has 18 heavy (non-hydrogen) atoms. The Kier molecular flexibility index (Phi) is 4.15. The molecule has 0 atom stereocenters. The maximum absolute atomic E-state index is 10.8. The quantitative estimate of drug-likeness (QED) is 0.659. The largest absolute Gasteiger partial charge is 0.384 e. The van der Waals surface area contributed by atoms with Crippen LogP contribution >= 0.6 is 0 Å². The van der Waals surface area contributed by atoms with Gasteiger partial charge in [0, 0.05) is 37.1 Å². The van der Waals surface area contributed by atoms with Crippen LogP contribution < -0.4 is 5.32 Å². The summed E-state index contributed by atoms with van der Waals surface area (Å²) in [5.41, 5.74) is 1.73. The maximum atomic E-state index is 10.8. The number of nitrogens with zero attached hydrogens (tertiary/aromatic N) is 1. The first kappa shape index (κ1) is 12.8. The van der Waals surface area contributed by atoms with Crippen molar-refractivity contribution in [3.05, 3.63) is 33.9 Å². The first-order valence-corrected chi connectivity index (χ1v) is 6.24. The van der Waals surface area contributed by atoms with Crippen LogP contribution in [0.2, 0.25) is 0 Å². The summed E-state index contributed by atoms with van der Waals surface area (Å²) < 4.78 is 5.31. The van der Waals surface area contributed by atoms with Gasteiger partial charge in [-0.05, 0) is 31.7 Å². The Hall–Kier alpha value is -1.62. The van der Waals surface area contributed by atoms with Crippen LogP contribution in [0.4, 0.5) is 11.4 Å². The van der Waals surface area contributed by atoms with Crippen LogP contribution in [-0.2, 0) is 4.74 Å². The third-order valence-electron chi connectivity index (χ3n) is 3.42. The van der Waals surface area contributed by atoms with E-state index in [1.54, 1.807) is 13.0 Å². The van der Waals surface area contributed by atoms with Gasteiger partial charge >= 0.3 is 0 Å². The number of nitrogens with one attached hydrogen (secondary N) is 1. The molecule has 1 aliphatic heterocycles. The van der Waals surface area contributed by atoms with Crippen LogP contribution in [0.3, 0.4) is 0 Å². The highest BCUT2D eigenvalue weighted by molar-refractivity contribution is 5.59. The van der Waals surface area contributed by atoms with E-state index in [1.165, 1.54) is 6.07 Å². The summed E-state index contributed by atoms with van der Waals surface area (Å²) in [6.45, 7) is 4.27. The molecule has 0 amide bonds. The summed E-state index contributed by atoms with van der Waals surface area (Å²) in [7, 11) is 0. The van der Waals surface area contributed by atoms with Crippen LogP contribution in [0.25, 0.3) is 0 Å². The molecule has 1 saturated heterocycles. The molecule has 0 radical (unpaired) electrons. The van der Waals surface area contributed by atoms with E-state index in [1.807, 2.05) is 6.07 Å². The Morgan fingerprint density at radius 1 is 1.44 bits per heavy atom. The van der Waals surface area contributed by atoms with Crippen molar-refractivity contribution < 1.29 is 9.66 Å². The minimum Gasteiger partial charge on any atom is -0.384 e. The molecule has 1 aromatic carbocycles. The van der Waals surface area contributed by atoms with Crippen LogP contribution in [0, 0.1) is 23.0 Å². The molecule has 0 bridgehead atoms. The summed E-state index contributed by atoms with van der Waals surface area (Å²) in [5.74, 6) is 0.595. The van der Waals surface area contributed by atoms with Crippen molar-refractivity contribution >= 4 is 11.4 Å². The van der Waals surface area contributed by atoms with Crippen LogP contribution in [0.15, 0.2) is 18.2 Å². The van der Waals surface area contributed by atoms with Crippen molar-refractivity contribution in [2.75, 3.05) is 25.1 Å². The standard InChI is InChI=1S/C13H18N2O3/c1-10-12(3-2-4-13(10)15(16)17)14-9-11-5-7-18-8-6-11/h2-4,11,14H,5-9H2,1H3. The van der Waals surface area contributed by atoms with E-state index in [0.717, 1.165) is 38.3 Å². The number of nitro groups is 1. The second kappa shape index (κ2) is 5.82. The minimum atomic E-state index is -0.338. The van der Waals surface area contributed by atoms with Crippen LogP contribution in [-0.4, -0.2) is 24.7 Å². The van der Waals surface area contributed by atoms with Crippen molar-refractivity contribution in [3.63, 3.8) is 0 Å². The Bertz CT molecular complexity index is 428. The normalized spacial score (nSPS) is 16.5. The molecule has 1 aliphatic rings. The number of hydrogen-bond donors (Lipinski definition) is 1. The predicted molar refractivity (Wildman–Crippen MR) is 69.9 cm³/mol. The van der Waals surface area contributed by atoms with Crippen molar-refractivity contribution in [2.45, 2.75) is 19.8 Å². The van der Waals surface area contributed by atoms with Gasteiger partial charge in [-0.25, -0.2) is 0 Å². The summed E-state index contributed by atoms with van der Waals surface area (Å²) in [4.78, 5) is 10.5. The summed E-state index contributed by atoms with van der Waals surface area (Å²) in [6.07, 6.45) is 2.11. The van der Waals surface area contributed by atoms with Gasteiger partial charge in [-0.1, -0.05) is 6.07 Å². The van der Waals surface area contributed by atoms with Gasteiger partial charge in [-0.2, -0.15) is 0 Å². The second-order valence-electron chi connectivity index (χ2n) is 4.64. The lowest BCUT2D eigenvalue weighted by molar-refractivity contribution is -0.385. The molecule has 98 valence electrons. The molecule has 1 heterocycles. The first-order valence-electron chi connectivity index (χ1n) is 6.24. The Morgan fingerprint density at radius 2 is 2.17 bits per heavy atom. The number of benzene rings is 1. The van der Waals surface area contributed by atoms with Crippen LogP contribution in [0.5, 0.6) is 0 Å². The number of anilines is 1. The summed E-state index contributed by atoms with van der Waals surface area (Å²) in [6, 6.07) is 5.15. The molecular formula is C13H18N2O3. The monoisotopic (exact) mass is 250 g/mol. The van der Waals surface area contributed by atoms with E-state index in [0.29, 0.717) is 11.5 Å². The fourth-order valence-electron chi connectivity index (χ4n) is 2.22. The molecule has 1 fully saturated rings. The van der Waals surface area contributed by atoms with Gasteiger partial charge in [0.05, 0.1) is 4.92 Å². The molecule has 1 aromatic rings. The molecule has 0 spiro atoms. The highest BCUT2D eigenvalue weighted by Crippen LogP contribution is 2.25. The SMILES string of the molecule is Cc1c(NCC2CCOCC2)cccc1[N+](=O)[O-]. The van der Waals surface area contributed by atoms with Crippen LogP contribution in [0.1, 0.15) is 18.4 Å². The van der Waals surface area contributed by atoms with Gasteiger partial charge in [-0.15, -0.1) is 0 Å². The lowest BCUT2D eigenvalue weighted by atomic mass is 10.00. The zero-order chi connectivity index (χ0) is 13.0. The average Bonchev–Trinajstić information content (AvgIpc) is 2.38. The number of rotatable bonds is 4. The molecule has 1 N–H and O–H groups in total. The van der Waals surface area contributed by atoms with Crippen molar-refractivity contribution in [2.24, 2.45) is 5.92 Å². The van der Waals surface area contributed by atoms with Gasteiger partial charge in [0.25, 0.3) is 5.69 Å². The lowest BCUT2D eigenvalue weighted by Crippen LogP contribution is -2.22. The lowest BCUT2D eigenvalue weighted by Gasteiger charge is -2.23. The number of nitro benzene ring substituents is 1.